The monoisotopic (exact) mass is 332 g/mol. The molecule has 1 aliphatic rings. The summed E-state index contributed by atoms with van der Waals surface area (Å²) in [4.78, 5) is 29.3. The van der Waals surface area contributed by atoms with Crippen molar-refractivity contribution in [3.63, 3.8) is 0 Å². The fourth-order valence-electron chi connectivity index (χ4n) is 2.53. The summed E-state index contributed by atoms with van der Waals surface area (Å²) < 4.78 is 5.01. The molecule has 24 heavy (non-hydrogen) atoms. The number of pyridine rings is 1. The van der Waals surface area contributed by atoms with Gasteiger partial charge in [0.15, 0.2) is 0 Å². The number of likely N-dealkylation sites (tertiary alicyclic amines) is 1. The standard InChI is InChI=1S/C17H24N4O3/c1-3-9-18-16(22)15-6-5-14(12-19-15)20-13-7-10-21(11-8-13)17(23)24-4-2/h3,5-6,12-13,20H,1,4,7-11H2,2H3,(H,18,22). The highest BCUT2D eigenvalue weighted by molar-refractivity contribution is 5.92. The summed E-state index contributed by atoms with van der Waals surface area (Å²) in [5.74, 6) is -0.218. The molecule has 2 rings (SSSR count). The van der Waals surface area contributed by atoms with Gasteiger partial charge in [0.05, 0.1) is 18.5 Å². The van der Waals surface area contributed by atoms with Gasteiger partial charge in [0.1, 0.15) is 5.69 Å². The number of amides is 2. The van der Waals surface area contributed by atoms with Crippen molar-refractivity contribution >= 4 is 17.7 Å². The number of carbonyl (C=O) groups is 2. The van der Waals surface area contributed by atoms with Gasteiger partial charge in [0, 0.05) is 25.7 Å². The molecule has 0 unspecified atom stereocenters. The number of ether oxygens (including phenoxy) is 1. The van der Waals surface area contributed by atoms with Crippen molar-refractivity contribution in [2.45, 2.75) is 25.8 Å². The predicted octanol–water partition coefficient (Wildman–Crippen LogP) is 2.03. The number of carbonyl (C=O) groups excluding carboxylic acids is 2. The van der Waals surface area contributed by atoms with E-state index in [2.05, 4.69) is 22.2 Å². The lowest BCUT2D eigenvalue weighted by molar-refractivity contribution is 0.0951. The van der Waals surface area contributed by atoms with Crippen LogP contribution in [0.4, 0.5) is 10.5 Å². The number of aromatic nitrogens is 1. The second-order valence-corrected chi connectivity index (χ2v) is 5.54. The summed E-state index contributed by atoms with van der Waals surface area (Å²) in [6, 6.07) is 3.81. The van der Waals surface area contributed by atoms with Crippen molar-refractivity contribution in [1.82, 2.24) is 15.2 Å². The molecule has 0 atom stereocenters. The molecule has 0 spiro atoms. The molecule has 1 aromatic heterocycles. The number of rotatable bonds is 6. The minimum Gasteiger partial charge on any atom is -0.450 e. The largest absolute Gasteiger partial charge is 0.450 e. The van der Waals surface area contributed by atoms with E-state index in [9.17, 15) is 9.59 Å². The number of hydrogen-bond donors (Lipinski definition) is 2. The highest BCUT2D eigenvalue weighted by Crippen LogP contribution is 2.17. The van der Waals surface area contributed by atoms with Crippen LogP contribution in [0.25, 0.3) is 0 Å². The molecule has 7 nitrogen and oxygen atoms in total. The molecule has 0 saturated carbocycles. The zero-order chi connectivity index (χ0) is 17.4. The Kier molecular flexibility index (Phi) is 6.60. The average molecular weight is 332 g/mol. The molecule has 1 aliphatic heterocycles. The predicted molar refractivity (Wildman–Crippen MR) is 92.0 cm³/mol. The summed E-state index contributed by atoms with van der Waals surface area (Å²) >= 11 is 0. The first-order valence-electron chi connectivity index (χ1n) is 8.17. The van der Waals surface area contributed by atoms with E-state index >= 15 is 0 Å². The van der Waals surface area contributed by atoms with Crippen molar-refractivity contribution in [2.75, 3.05) is 31.6 Å². The van der Waals surface area contributed by atoms with Gasteiger partial charge in [-0.3, -0.25) is 4.79 Å². The van der Waals surface area contributed by atoms with Crippen LogP contribution < -0.4 is 10.6 Å². The van der Waals surface area contributed by atoms with Crippen molar-refractivity contribution in [2.24, 2.45) is 0 Å². The topological polar surface area (TPSA) is 83.6 Å². The van der Waals surface area contributed by atoms with E-state index in [-0.39, 0.29) is 18.0 Å². The summed E-state index contributed by atoms with van der Waals surface area (Å²) in [6.07, 6.45) is 4.73. The third-order valence-corrected chi connectivity index (χ3v) is 3.79. The van der Waals surface area contributed by atoms with Crippen LogP contribution in [-0.2, 0) is 4.74 Å². The van der Waals surface area contributed by atoms with E-state index in [0.29, 0.717) is 31.9 Å². The van der Waals surface area contributed by atoms with Crippen LogP contribution in [0.15, 0.2) is 31.0 Å². The molecule has 1 fully saturated rings. The number of hydrogen-bond acceptors (Lipinski definition) is 5. The van der Waals surface area contributed by atoms with E-state index in [1.54, 1.807) is 30.2 Å². The first-order valence-corrected chi connectivity index (χ1v) is 8.17. The molecule has 1 aromatic rings. The molecule has 0 radical (unpaired) electrons. The number of anilines is 1. The molecule has 0 bridgehead atoms. The zero-order valence-electron chi connectivity index (χ0n) is 14.0. The van der Waals surface area contributed by atoms with E-state index in [1.807, 2.05) is 6.07 Å². The fourth-order valence-corrected chi connectivity index (χ4v) is 2.53. The maximum absolute atomic E-state index is 11.8. The van der Waals surface area contributed by atoms with Crippen LogP contribution in [0.3, 0.4) is 0 Å². The lowest BCUT2D eigenvalue weighted by Crippen LogP contribution is -2.42. The Balaban J connectivity index is 1.81. The minimum atomic E-state index is -0.243. The third-order valence-electron chi connectivity index (χ3n) is 3.79. The third kappa shape index (κ3) is 4.97. The maximum atomic E-state index is 11.8. The Morgan fingerprint density at radius 1 is 1.42 bits per heavy atom. The molecule has 2 amide bonds. The molecular weight excluding hydrogens is 308 g/mol. The Labute approximate surface area is 142 Å². The van der Waals surface area contributed by atoms with Crippen molar-refractivity contribution in [3.05, 3.63) is 36.7 Å². The molecule has 0 aliphatic carbocycles. The molecule has 0 aromatic carbocycles. The smallest absolute Gasteiger partial charge is 0.409 e. The molecule has 2 heterocycles. The maximum Gasteiger partial charge on any atom is 0.409 e. The minimum absolute atomic E-state index is 0.218. The van der Waals surface area contributed by atoms with Crippen LogP contribution in [0, 0.1) is 0 Å². The second kappa shape index (κ2) is 8.90. The summed E-state index contributed by atoms with van der Waals surface area (Å²) in [6.45, 7) is 7.52. The van der Waals surface area contributed by atoms with E-state index in [0.717, 1.165) is 18.5 Å². The summed E-state index contributed by atoms with van der Waals surface area (Å²) in [5, 5.41) is 6.08. The Bertz CT molecular complexity index is 566. The van der Waals surface area contributed by atoms with Gasteiger partial charge < -0.3 is 20.3 Å². The fraction of sp³-hybridized carbons (Fsp3) is 0.471. The lowest BCUT2D eigenvalue weighted by atomic mass is 10.1. The quantitative estimate of drug-likeness (QED) is 0.779. The lowest BCUT2D eigenvalue weighted by Gasteiger charge is -2.32. The van der Waals surface area contributed by atoms with Gasteiger partial charge in [-0.25, -0.2) is 9.78 Å². The molecule has 130 valence electrons. The first kappa shape index (κ1) is 17.8. The number of piperidine rings is 1. The van der Waals surface area contributed by atoms with E-state index in [1.165, 1.54) is 0 Å². The highest BCUT2D eigenvalue weighted by atomic mass is 16.6. The zero-order valence-corrected chi connectivity index (χ0v) is 14.0. The molecular formula is C17H24N4O3. The van der Waals surface area contributed by atoms with Gasteiger partial charge in [-0.2, -0.15) is 0 Å². The number of nitrogens with zero attached hydrogens (tertiary/aromatic N) is 2. The van der Waals surface area contributed by atoms with Gasteiger partial charge >= 0.3 is 6.09 Å². The van der Waals surface area contributed by atoms with Crippen LogP contribution in [-0.4, -0.2) is 54.2 Å². The Morgan fingerprint density at radius 3 is 2.75 bits per heavy atom. The Hall–Kier alpha value is -2.57. The van der Waals surface area contributed by atoms with Crippen LogP contribution in [0.1, 0.15) is 30.3 Å². The van der Waals surface area contributed by atoms with Gasteiger partial charge in [-0.15, -0.1) is 6.58 Å². The molecule has 7 heteroatoms. The summed E-state index contributed by atoms with van der Waals surface area (Å²) in [5.41, 5.74) is 1.24. The van der Waals surface area contributed by atoms with Crippen LogP contribution in [0.2, 0.25) is 0 Å². The normalized spacial score (nSPS) is 14.8. The van der Waals surface area contributed by atoms with Crippen LogP contribution >= 0.6 is 0 Å². The van der Waals surface area contributed by atoms with Crippen molar-refractivity contribution in [1.29, 1.82) is 0 Å². The van der Waals surface area contributed by atoms with Crippen molar-refractivity contribution < 1.29 is 14.3 Å². The van der Waals surface area contributed by atoms with Gasteiger partial charge in [0.2, 0.25) is 0 Å². The summed E-state index contributed by atoms with van der Waals surface area (Å²) in [7, 11) is 0. The average Bonchev–Trinajstić information content (AvgIpc) is 2.61. The van der Waals surface area contributed by atoms with Crippen LogP contribution in [0.5, 0.6) is 0 Å². The Morgan fingerprint density at radius 2 is 2.17 bits per heavy atom. The van der Waals surface area contributed by atoms with Gasteiger partial charge in [-0.05, 0) is 31.9 Å². The van der Waals surface area contributed by atoms with Gasteiger partial charge in [-0.1, -0.05) is 6.08 Å². The number of nitrogens with one attached hydrogen (secondary N) is 2. The van der Waals surface area contributed by atoms with Crippen molar-refractivity contribution in [3.8, 4) is 0 Å². The second-order valence-electron chi connectivity index (χ2n) is 5.54. The molecule has 2 N–H and O–H groups in total. The first-order chi connectivity index (χ1) is 11.6. The highest BCUT2D eigenvalue weighted by Gasteiger charge is 2.23. The van der Waals surface area contributed by atoms with Gasteiger partial charge in [0.25, 0.3) is 5.91 Å². The molecule has 1 saturated heterocycles. The SMILES string of the molecule is C=CCNC(=O)c1ccc(NC2CCN(C(=O)OCC)CC2)cn1. The van der Waals surface area contributed by atoms with E-state index in [4.69, 9.17) is 4.74 Å². The van der Waals surface area contributed by atoms with E-state index < -0.39 is 0 Å².